The Labute approximate surface area is 173 Å². The van der Waals surface area contributed by atoms with Gasteiger partial charge < -0.3 is 10.1 Å². The first-order valence-corrected chi connectivity index (χ1v) is 11.7. The number of ether oxygens (including phenoxy) is 1. The van der Waals surface area contributed by atoms with Crippen LogP contribution in [0.15, 0.2) is 48.5 Å². The van der Waals surface area contributed by atoms with Crippen LogP contribution in [0.3, 0.4) is 0 Å². The van der Waals surface area contributed by atoms with Gasteiger partial charge in [-0.1, -0.05) is 36.4 Å². The third-order valence-corrected chi connectivity index (χ3v) is 8.18. The SMILES string of the molecule is O=C(COC(=O)c1ccc(C2SCCS2)cc1)N[C@@H]1CCCc2ccccc21. The Kier molecular flexibility index (Phi) is 6.27. The molecule has 4 rings (SSSR count). The van der Waals surface area contributed by atoms with Crippen molar-refractivity contribution < 1.29 is 14.3 Å². The Balaban J connectivity index is 1.29. The summed E-state index contributed by atoms with van der Waals surface area (Å²) in [6.45, 7) is -0.256. The normalized spacial score (nSPS) is 19.1. The van der Waals surface area contributed by atoms with Crippen LogP contribution in [-0.4, -0.2) is 30.0 Å². The summed E-state index contributed by atoms with van der Waals surface area (Å²) in [5, 5.41) is 3.01. The van der Waals surface area contributed by atoms with Crippen molar-refractivity contribution in [3.05, 3.63) is 70.8 Å². The second-order valence-corrected chi connectivity index (χ2v) is 9.71. The van der Waals surface area contributed by atoms with Crippen LogP contribution in [0.2, 0.25) is 0 Å². The summed E-state index contributed by atoms with van der Waals surface area (Å²) >= 11 is 3.86. The van der Waals surface area contributed by atoms with E-state index >= 15 is 0 Å². The van der Waals surface area contributed by atoms with Crippen molar-refractivity contribution in [3.8, 4) is 0 Å². The van der Waals surface area contributed by atoms with Crippen molar-refractivity contribution in [1.29, 1.82) is 0 Å². The molecule has 0 aromatic heterocycles. The van der Waals surface area contributed by atoms with E-state index in [4.69, 9.17) is 4.74 Å². The van der Waals surface area contributed by atoms with Gasteiger partial charge in [0, 0.05) is 11.5 Å². The van der Waals surface area contributed by atoms with Crippen LogP contribution >= 0.6 is 23.5 Å². The van der Waals surface area contributed by atoms with Crippen LogP contribution in [0.5, 0.6) is 0 Å². The maximum atomic E-state index is 12.3. The number of nitrogens with one attached hydrogen (secondary N) is 1. The highest BCUT2D eigenvalue weighted by atomic mass is 32.2. The monoisotopic (exact) mass is 413 g/mol. The molecule has 1 N–H and O–H groups in total. The summed E-state index contributed by atoms with van der Waals surface area (Å²) < 4.78 is 5.68. The number of aryl methyl sites for hydroxylation is 1. The number of benzene rings is 2. The molecule has 28 heavy (non-hydrogen) atoms. The maximum absolute atomic E-state index is 12.3. The first kappa shape index (κ1) is 19.4. The van der Waals surface area contributed by atoms with Crippen LogP contribution in [0.4, 0.5) is 0 Å². The zero-order valence-corrected chi connectivity index (χ0v) is 17.2. The fourth-order valence-corrected chi connectivity index (χ4v) is 6.54. The zero-order valence-electron chi connectivity index (χ0n) is 15.6. The van der Waals surface area contributed by atoms with E-state index in [9.17, 15) is 9.59 Å². The summed E-state index contributed by atoms with van der Waals surface area (Å²) in [5.41, 5.74) is 4.16. The van der Waals surface area contributed by atoms with Gasteiger partial charge in [-0.3, -0.25) is 4.79 Å². The van der Waals surface area contributed by atoms with Gasteiger partial charge in [-0.05, 0) is 48.1 Å². The molecule has 2 aromatic carbocycles. The third kappa shape index (κ3) is 4.55. The minimum atomic E-state index is -0.461. The average molecular weight is 414 g/mol. The molecule has 1 aliphatic carbocycles. The second kappa shape index (κ2) is 9.05. The van der Waals surface area contributed by atoms with Crippen molar-refractivity contribution in [2.75, 3.05) is 18.1 Å². The first-order chi connectivity index (χ1) is 13.7. The van der Waals surface area contributed by atoms with Crippen molar-refractivity contribution in [3.63, 3.8) is 0 Å². The van der Waals surface area contributed by atoms with Crippen LogP contribution in [0.25, 0.3) is 0 Å². The lowest BCUT2D eigenvalue weighted by molar-refractivity contribution is -0.125. The van der Waals surface area contributed by atoms with E-state index in [1.165, 1.54) is 28.2 Å². The summed E-state index contributed by atoms with van der Waals surface area (Å²) in [7, 11) is 0. The van der Waals surface area contributed by atoms with Gasteiger partial charge in [-0.2, -0.15) is 0 Å². The Morgan fingerprint density at radius 1 is 1.04 bits per heavy atom. The zero-order chi connectivity index (χ0) is 19.3. The summed E-state index contributed by atoms with van der Waals surface area (Å²) in [4.78, 5) is 24.6. The molecule has 0 saturated carbocycles. The number of esters is 1. The highest BCUT2D eigenvalue weighted by Gasteiger charge is 2.22. The molecule has 6 heteroatoms. The average Bonchev–Trinajstić information content (AvgIpc) is 3.27. The van der Waals surface area contributed by atoms with Crippen LogP contribution < -0.4 is 5.32 Å². The number of carbonyl (C=O) groups is 2. The van der Waals surface area contributed by atoms with E-state index in [-0.39, 0.29) is 18.6 Å². The van der Waals surface area contributed by atoms with Gasteiger partial charge in [0.2, 0.25) is 0 Å². The topological polar surface area (TPSA) is 55.4 Å². The molecule has 1 fully saturated rings. The van der Waals surface area contributed by atoms with E-state index in [0.29, 0.717) is 10.1 Å². The number of fused-ring (bicyclic) bond motifs is 1. The molecular formula is C22H23NO3S2. The van der Waals surface area contributed by atoms with Crippen LogP contribution in [0.1, 0.15) is 50.5 Å². The van der Waals surface area contributed by atoms with Crippen LogP contribution in [-0.2, 0) is 16.0 Å². The Morgan fingerprint density at radius 2 is 1.79 bits per heavy atom. The van der Waals surface area contributed by atoms with E-state index < -0.39 is 5.97 Å². The molecule has 0 spiro atoms. The molecular weight excluding hydrogens is 390 g/mol. The number of hydrogen-bond acceptors (Lipinski definition) is 5. The third-order valence-electron chi connectivity index (χ3n) is 5.08. The van der Waals surface area contributed by atoms with Crippen molar-refractivity contribution in [1.82, 2.24) is 5.32 Å². The minimum absolute atomic E-state index is 0.00292. The number of thioether (sulfide) groups is 2. The first-order valence-electron chi connectivity index (χ1n) is 9.58. The molecule has 4 nitrogen and oxygen atoms in total. The Bertz CT molecular complexity index is 847. The van der Waals surface area contributed by atoms with E-state index in [1.54, 1.807) is 12.1 Å². The standard InChI is InChI=1S/C22H23NO3S2/c24-20(23-19-7-3-5-15-4-1-2-6-18(15)19)14-26-21(25)16-8-10-17(11-9-16)22-27-12-13-28-22/h1-2,4,6,8-11,19,22H,3,5,7,12-14H2,(H,23,24)/t19-/m1/s1. The number of rotatable bonds is 5. The van der Waals surface area contributed by atoms with Gasteiger partial charge in [-0.25, -0.2) is 4.79 Å². The maximum Gasteiger partial charge on any atom is 0.338 e. The lowest BCUT2D eigenvalue weighted by atomic mass is 9.88. The number of hydrogen-bond donors (Lipinski definition) is 1. The molecule has 146 valence electrons. The molecule has 0 bridgehead atoms. The molecule has 1 saturated heterocycles. The lowest BCUT2D eigenvalue weighted by Gasteiger charge is -2.26. The second-order valence-electron chi connectivity index (χ2n) is 6.98. The van der Waals surface area contributed by atoms with Crippen molar-refractivity contribution >= 4 is 35.4 Å². The van der Waals surface area contributed by atoms with Gasteiger partial charge >= 0.3 is 5.97 Å². The Hall–Kier alpha value is -1.92. The van der Waals surface area contributed by atoms with E-state index in [2.05, 4.69) is 17.4 Å². The molecule has 2 aromatic rings. The number of amides is 1. The Morgan fingerprint density at radius 3 is 2.57 bits per heavy atom. The van der Waals surface area contributed by atoms with Gasteiger partial charge in [0.25, 0.3) is 5.91 Å². The molecule has 0 radical (unpaired) electrons. The van der Waals surface area contributed by atoms with E-state index in [0.717, 1.165) is 19.3 Å². The van der Waals surface area contributed by atoms with Crippen LogP contribution in [0, 0.1) is 0 Å². The van der Waals surface area contributed by atoms with Gasteiger partial charge in [0.1, 0.15) is 0 Å². The molecule has 1 atom stereocenters. The van der Waals surface area contributed by atoms with Gasteiger partial charge in [-0.15, -0.1) is 23.5 Å². The minimum Gasteiger partial charge on any atom is -0.452 e. The predicted octanol–water partition coefficient (Wildman–Crippen LogP) is 4.52. The summed E-state index contributed by atoms with van der Waals surface area (Å²) in [5.74, 6) is 1.61. The molecule has 2 aliphatic rings. The largest absolute Gasteiger partial charge is 0.452 e. The quantitative estimate of drug-likeness (QED) is 0.731. The van der Waals surface area contributed by atoms with Crippen molar-refractivity contribution in [2.24, 2.45) is 0 Å². The summed E-state index contributed by atoms with van der Waals surface area (Å²) in [6, 6.07) is 15.7. The molecule has 1 heterocycles. The molecule has 1 aliphatic heterocycles. The molecule has 0 unspecified atom stereocenters. The predicted molar refractivity (Wildman–Crippen MR) is 115 cm³/mol. The summed E-state index contributed by atoms with van der Waals surface area (Å²) in [6.07, 6.45) is 3.01. The highest BCUT2D eigenvalue weighted by molar-refractivity contribution is 8.19. The molecule has 1 amide bonds. The number of carbonyl (C=O) groups excluding carboxylic acids is 2. The van der Waals surface area contributed by atoms with E-state index in [1.807, 2.05) is 47.8 Å². The fourth-order valence-electron chi connectivity index (χ4n) is 3.68. The smallest absolute Gasteiger partial charge is 0.338 e. The van der Waals surface area contributed by atoms with Gasteiger partial charge in [0.15, 0.2) is 6.61 Å². The lowest BCUT2D eigenvalue weighted by Crippen LogP contribution is -2.34. The van der Waals surface area contributed by atoms with Crippen molar-refractivity contribution in [2.45, 2.75) is 29.9 Å². The highest BCUT2D eigenvalue weighted by Crippen LogP contribution is 2.45. The van der Waals surface area contributed by atoms with Gasteiger partial charge in [0.05, 0.1) is 16.2 Å². The fraction of sp³-hybridized carbons (Fsp3) is 0.364.